The third-order valence-corrected chi connectivity index (χ3v) is 5.82. The van der Waals surface area contributed by atoms with Gasteiger partial charge in [-0.1, -0.05) is 12.8 Å². The van der Waals surface area contributed by atoms with Gasteiger partial charge in [0.2, 0.25) is 5.91 Å². The molecule has 0 bridgehead atoms. The molecule has 1 N–H and O–H groups in total. The third kappa shape index (κ3) is 3.17. The predicted octanol–water partition coefficient (Wildman–Crippen LogP) is 1.28. The number of nitrogens with one attached hydrogen (secondary N) is 1. The van der Waals surface area contributed by atoms with Gasteiger partial charge in [-0.2, -0.15) is 0 Å². The first-order chi connectivity index (χ1) is 10.8. The maximum atomic E-state index is 13.2. The number of methoxy groups -OCH3 is 1. The van der Waals surface area contributed by atoms with Crippen LogP contribution in [0.15, 0.2) is 0 Å². The van der Waals surface area contributed by atoms with Crippen LogP contribution in [-0.4, -0.2) is 63.9 Å². The van der Waals surface area contributed by atoms with E-state index in [0.29, 0.717) is 31.0 Å². The number of rotatable bonds is 6. The van der Waals surface area contributed by atoms with E-state index in [1.807, 2.05) is 0 Å². The normalized spacial score (nSPS) is 34.9. The molecule has 1 amide bonds. The molecule has 1 unspecified atom stereocenters. The van der Waals surface area contributed by atoms with Gasteiger partial charge in [-0.25, -0.2) is 0 Å². The Hall–Kier alpha value is -0.650. The number of nitrogens with zero attached hydrogens (tertiary/aromatic N) is 1. The Balaban J connectivity index is 1.52. The zero-order valence-electron chi connectivity index (χ0n) is 13.8. The highest BCUT2D eigenvalue weighted by molar-refractivity contribution is 5.84. The molecule has 3 rings (SSSR count). The lowest BCUT2D eigenvalue weighted by atomic mass is 9.67. The van der Waals surface area contributed by atoms with Crippen molar-refractivity contribution in [3.8, 4) is 0 Å². The van der Waals surface area contributed by atoms with Crippen molar-refractivity contribution in [2.75, 3.05) is 53.1 Å². The van der Waals surface area contributed by atoms with Crippen LogP contribution in [-0.2, 0) is 14.3 Å². The topological polar surface area (TPSA) is 50.8 Å². The molecular formula is C17H30N2O3. The smallest absolute Gasteiger partial charge is 0.230 e. The van der Waals surface area contributed by atoms with Crippen LogP contribution in [0, 0.1) is 17.3 Å². The van der Waals surface area contributed by atoms with Gasteiger partial charge in [-0.3, -0.25) is 4.79 Å². The van der Waals surface area contributed by atoms with E-state index >= 15 is 0 Å². The largest absolute Gasteiger partial charge is 0.382 e. The number of amides is 1. The van der Waals surface area contributed by atoms with Gasteiger partial charge in [0.25, 0.3) is 0 Å². The van der Waals surface area contributed by atoms with Gasteiger partial charge in [-0.05, 0) is 31.7 Å². The Morgan fingerprint density at radius 2 is 2.23 bits per heavy atom. The molecule has 2 heterocycles. The zero-order chi connectivity index (χ0) is 15.4. The first-order valence-electron chi connectivity index (χ1n) is 8.83. The van der Waals surface area contributed by atoms with Crippen LogP contribution >= 0.6 is 0 Å². The molecule has 126 valence electrons. The van der Waals surface area contributed by atoms with E-state index in [1.165, 1.54) is 19.3 Å². The first-order valence-corrected chi connectivity index (χ1v) is 8.83. The SMILES string of the molecule is COCCOCC1CCN(C(=O)[C@@]23CCCC[C@H]2CNC3)C1. The zero-order valence-corrected chi connectivity index (χ0v) is 13.8. The standard InChI is InChI=1S/C17H30N2O3/c1-21-8-9-22-12-14-5-7-19(11-14)16(20)17-6-3-2-4-15(17)10-18-13-17/h14-15,18H,2-13H2,1H3/t14?,15-,17+/m0/s1. The quantitative estimate of drug-likeness (QED) is 0.751. The van der Waals surface area contributed by atoms with E-state index in [-0.39, 0.29) is 5.41 Å². The maximum Gasteiger partial charge on any atom is 0.230 e. The molecule has 0 aromatic rings. The van der Waals surface area contributed by atoms with Gasteiger partial charge < -0.3 is 19.7 Å². The van der Waals surface area contributed by atoms with Crippen molar-refractivity contribution in [3.05, 3.63) is 0 Å². The van der Waals surface area contributed by atoms with E-state index in [0.717, 1.165) is 45.6 Å². The Morgan fingerprint density at radius 1 is 1.32 bits per heavy atom. The highest BCUT2D eigenvalue weighted by atomic mass is 16.5. The molecule has 0 aromatic heterocycles. The van der Waals surface area contributed by atoms with E-state index in [1.54, 1.807) is 7.11 Å². The molecule has 0 radical (unpaired) electrons. The Morgan fingerprint density at radius 3 is 3.09 bits per heavy atom. The van der Waals surface area contributed by atoms with Crippen LogP contribution < -0.4 is 5.32 Å². The molecule has 3 atom stereocenters. The van der Waals surface area contributed by atoms with Crippen molar-refractivity contribution in [1.82, 2.24) is 10.2 Å². The summed E-state index contributed by atoms with van der Waals surface area (Å²) in [6, 6.07) is 0. The molecule has 1 saturated carbocycles. The number of carbonyl (C=O) groups excluding carboxylic acids is 1. The Labute approximate surface area is 133 Å². The third-order valence-electron chi connectivity index (χ3n) is 5.82. The minimum Gasteiger partial charge on any atom is -0.382 e. The summed E-state index contributed by atoms with van der Waals surface area (Å²) in [5, 5.41) is 3.48. The molecule has 1 aliphatic carbocycles. The molecule has 3 fully saturated rings. The van der Waals surface area contributed by atoms with Gasteiger partial charge in [0.15, 0.2) is 0 Å². The van der Waals surface area contributed by atoms with Crippen molar-refractivity contribution in [2.24, 2.45) is 17.3 Å². The molecule has 2 aliphatic heterocycles. The predicted molar refractivity (Wildman–Crippen MR) is 84.6 cm³/mol. The first kappa shape index (κ1) is 16.2. The minimum absolute atomic E-state index is 0.0932. The van der Waals surface area contributed by atoms with Gasteiger partial charge in [0, 0.05) is 32.7 Å². The minimum atomic E-state index is -0.0932. The number of hydrogen-bond acceptors (Lipinski definition) is 4. The lowest BCUT2D eigenvalue weighted by Crippen LogP contribution is -2.49. The summed E-state index contributed by atoms with van der Waals surface area (Å²) in [6.45, 7) is 5.75. The highest BCUT2D eigenvalue weighted by Gasteiger charge is 2.52. The van der Waals surface area contributed by atoms with Crippen LogP contribution in [0.5, 0.6) is 0 Å². The molecule has 0 spiro atoms. The molecule has 3 aliphatic rings. The van der Waals surface area contributed by atoms with Crippen LogP contribution in [0.2, 0.25) is 0 Å². The van der Waals surface area contributed by atoms with E-state index in [4.69, 9.17) is 9.47 Å². The number of likely N-dealkylation sites (tertiary alicyclic amines) is 1. The number of hydrogen-bond donors (Lipinski definition) is 1. The Bertz CT molecular complexity index is 390. The van der Waals surface area contributed by atoms with E-state index < -0.39 is 0 Å². The van der Waals surface area contributed by atoms with Gasteiger partial charge in [0.1, 0.15) is 0 Å². The van der Waals surface area contributed by atoms with Crippen molar-refractivity contribution < 1.29 is 14.3 Å². The Kier molecular flexibility index (Phi) is 5.37. The summed E-state index contributed by atoms with van der Waals surface area (Å²) in [4.78, 5) is 15.3. The second kappa shape index (κ2) is 7.28. The van der Waals surface area contributed by atoms with Gasteiger partial charge >= 0.3 is 0 Å². The summed E-state index contributed by atoms with van der Waals surface area (Å²) in [6.07, 6.45) is 5.87. The second-order valence-electron chi connectivity index (χ2n) is 7.20. The van der Waals surface area contributed by atoms with Crippen LogP contribution in [0.4, 0.5) is 0 Å². The van der Waals surface area contributed by atoms with Crippen molar-refractivity contribution in [3.63, 3.8) is 0 Å². The molecule has 5 nitrogen and oxygen atoms in total. The fourth-order valence-corrected chi connectivity index (χ4v) is 4.53. The molecule has 2 saturated heterocycles. The molecule has 0 aromatic carbocycles. The van der Waals surface area contributed by atoms with Gasteiger partial charge in [0.05, 0.1) is 25.2 Å². The average molecular weight is 310 g/mol. The lowest BCUT2D eigenvalue weighted by Gasteiger charge is -2.39. The number of ether oxygens (including phenoxy) is 2. The second-order valence-corrected chi connectivity index (χ2v) is 7.20. The summed E-state index contributed by atoms with van der Waals surface area (Å²) in [7, 11) is 1.69. The molecular weight excluding hydrogens is 280 g/mol. The van der Waals surface area contributed by atoms with Gasteiger partial charge in [-0.15, -0.1) is 0 Å². The monoisotopic (exact) mass is 310 g/mol. The summed E-state index contributed by atoms with van der Waals surface area (Å²) >= 11 is 0. The fraction of sp³-hybridized carbons (Fsp3) is 0.941. The summed E-state index contributed by atoms with van der Waals surface area (Å²) < 4.78 is 10.6. The van der Waals surface area contributed by atoms with E-state index in [2.05, 4.69) is 10.2 Å². The fourth-order valence-electron chi connectivity index (χ4n) is 4.53. The number of carbonyl (C=O) groups is 1. The molecule has 5 heteroatoms. The van der Waals surface area contributed by atoms with Crippen molar-refractivity contribution in [2.45, 2.75) is 32.1 Å². The number of fused-ring (bicyclic) bond motifs is 1. The van der Waals surface area contributed by atoms with Crippen LogP contribution in [0.3, 0.4) is 0 Å². The summed E-state index contributed by atoms with van der Waals surface area (Å²) in [5.41, 5.74) is -0.0932. The van der Waals surface area contributed by atoms with Crippen LogP contribution in [0.25, 0.3) is 0 Å². The van der Waals surface area contributed by atoms with E-state index in [9.17, 15) is 4.79 Å². The lowest BCUT2D eigenvalue weighted by molar-refractivity contribution is -0.144. The highest BCUT2D eigenvalue weighted by Crippen LogP contribution is 2.45. The van der Waals surface area contributed by atoms with Crippen molar-refractivity contribution >= 4 is 5.91 Å². The maximum absolute atomic E-state index is 13.2. The molecule has 22 heavy (non-hydrogen) atoms. The van der Waals surface area contributed by atoms with Crippen molar-refractivity contribution in [1.29, 1.82) is 0 Å². The average Bonchev–Trinajstić information content (AvgIpc) is 3.18. The van der Waals surface area contributed by atoms with Crippen LogP contribution in [0.1, 0.15) is 32.1 Å². The summed E-state index contributed by atoms with van der Waals surface area (Å²) in [5.74, 6) is 1.47.